The number of nitrogens with two attached hydrogens (primary N) is 1. The molecule has 3 heterocycles. The van der Waals surface area contributed by atoms with Crippen LogP contribution < -0.4 is 10.5 Å². The molecule has 2 aromatic heterocycles. The molecule has 0 spiro atoms. The Hall–Kier alpha value is -2.04. The highest BCUT2D eigenvalue weighted by Gasteiger charge is 2.21. The van der Waals surface area contributed by atoms with Crippen molar-refractivity contribution in [2.24, 2.45) is 0 Å². The van der Waals surface area contributed by atoms with Gasteiger partial charge in [-0.05, 0) is 12.1 Å². The maximum absolute atomic E-state index is 5.97. The molecule has 5 heteroatoms. The first-order valence-electron chi connectivity index (χ1n) is 4.76. The third-order valence-electron chi connectivity index (χ3n) is 2.43. The molecule has 3 rings (SSSR count). The second-order valence-electron chi connectivity index (χ2n) is 3.34. The summed E-state index contributed by atoms with van der Waals surface area (Å²) < 4.78 is 7.19. The lowest BCUT2D eigenvalue weighted by atomic mass is 10.3. The Labute approximate surface area is 86.5 Å². The molecule has 0 fully saturated rings. The van der Waals surface area contributed by atoms with E-state index in [-0.39, 0.29) is 0 Å². The molecule has 1 aliphatic heterocycles. The standard InChI is InChI=1S/C10H10N4O/c11-9-8(7-3-1-2-4-12-7)13-10-14(9)5-6-15-10/h1-4H,5-6,11H2. The van der Waals surface area contributed by atoms with E-state index in [9.17, 15) is 0 Å². The van der Waals surface area contributed by atoms with E-state index in [0.717, 1.165) is 12.2 Å². The summed E-state index contributed by atoms with van der Waals surface area (Å²) in [6, 6.07) is 6.25. The van der Waals surface area contributed by atoms with Crippen LogP contribution in [0, 0.1) is 0 Å². The minimum absolute atomic E-state index is 0.591. The normalized spacial score (nSPS) is 13.6. The maximum atomic E-state index is 5.97. The molecule has 5 nitrogen and oxygen atoms in total. The number of fused-ring (bicyclic) bond motifs is 1. The monoisotopic (exact) mass is 202 g/mol. The van der Waals surface area contributed by atoms with E-state index in [4.69, 9.17) is 10.5 Å². The minimum atomic E-state index is 0.591. The molecule has 76 valence electrons. The third-order valence-corrected chi connectivity index (χ3v) is 2.43. The Balaban J connectivity index is 2.14. The number of anilines is 1. The Morgan fingerprint density at radius 1 is 1.40 bits per heavy atom. The van der Waals surface area contributed by atoms with Crippen molar-refractivity contribution in [2.45, 2.75) is 6.54 Å². The highest BCUT2D eigenvalue weighted by atomic mass is 16.5. The smallest absolute Gasteiger partial charge is 0.298 e. The zero-order valence-electron chi connectivity index (χ0n) is 8.05. The van der Waals surface area contributed by atoms with Crippen LogP contribution in [0.5, 0.6) is 6.01 Å². The lowest BCUT2D eigenvalue weighted by Crippen LogP contribution is -2.01. The van der Waals surface area contributed by atoms with Gasteiger partial charge in [0.2, 0.25) is 0 Å². The fourth-order valence-electron chi connectivity index (χ4n) is 1.69. The largest absolute Gasteiger partial charge is 0.463 e. The van der Waals surface area contributed by atoms with Gasteiger partial charge in [-0.2, -0.15) is 4.98 Å². The van der Waals surface area contributed by atoms with Crippen LogP contribution in [-0.2, 0) is 6.54 Å². The molecular weight excluding hydrogens is 192 g/mol. The molecule has 0 saturated carbocycles. The number of hydrogen-bond donors (Lipinski definition) is 1. The highest BCUT2D eigenvalue weighted by Crippen LogP contribution is 2.30. The van der Waals surface area contributed by atoms with Crippen molar-refractivity contribution < 1.29 is 4.74 Å². The summed E-state index contributed by atoms with van der Waals surface area (Å²) in [4.78, 5) is 8.53. The predicted octanol–water partition coefficient (Wildman–Crippen LogP) is 0.920. The average Bonchev–Trinajstić information content (AvgIpc) is 2.83. The fourth-order valence-corrected chi connectivity index (χ4v) is 1.69. The van der Waals surface area contributed by atoms with Gasteiger partial charge in [-0.1, -0.05) is 6.07 Å². The first-order chi connectivity index (χ1) is 7.36. The summed E-state index contributed by atoms with van der Waals surface area (Å²) in [7, 11) is 0. The van der Waals surface area contributed by atoms with Crippen molar-refractivity contribution in [3.05, 3.63) is 24.4 Å². The number of rotatable bonds is 1. The summed E-state index contributed by atoms with van der Waals surface area (Å²) in [5.41, 5.74) is 7.44. The molecule has 0 saturated heterocycles. The molecule has 2 N–H and O–H groups in total. The Bertz CT molecular complexity index is 492. The van der Waals surface area contributed by atoms with Gasteiger partial charge in [0.15, 0.2) is 0 Å². The molecule has 2 aromatic rings. The highest BCUT2D eigenvalue weighted by molar-refractivity contribution is 5.68. The summed E-state index contributed by atoms with van der Waals surface area (Å²) in [6.45, 7) is 1.41. The number of imidazole rings is 1. The fraction of sp³-hybridized carbons (Fsp3) is 0.200. The summed E-state index contributed by atoms with van der Waals surface area (Å²) in [6.07, 6.45) is 1.72. The van der Waals surface area contributed by atoms with Gasteiger partial charge < -0.3 is 10.5 Å². The van der Waals surface area contributed by atoms with Crippen molar-refractivity contribution in [3.63, 3.8) is 0 Å². The van der Waals surface area contributed by atoms with Gasteiger partial charge in [0.05, 0.1) is 12.2 Å². The molecule has 0 aromatic carbocycles. The molecule has 0 unspecified atom stereocenters. The number of aromatic nitrogens is 3. The first kappa shape index (κ1) is 8.28. The van der Waals surface area contributed by atoms with Gasteiger partial charge in [-0.3, -0.25) is 9.55 Å². The van der Waals surface area contributed by atoms with E-state index >= 15 is 0 Å². The van der Waals surface area contributed by atoms with E-state index in [2.05, 4.69) is 9.97 Å². The zero-order valence-corrected chi connectivity index (χ0v) is 8.05. The van der Waals surface area contributed by atoms with Crippen molar-refractivity contribution in [1.29, 1.82) is 0 Å². The van der Waals surface area contributed by atoms with E-state index in [1.165, 1.54) is 0 Å². The van der Waals surface area contributed by atoms with Crippen LogP contribution in [0.3, 0.4) is 0 Å². The molecule has 0 atom stereocenters. The van der Waals surface area contributed by atoms with Gasteiger partial charge in [-0.25, -0.2) is 0 Å². The second-order valence-corrected chi connectivity index (χ2v) is 3.34. The Morgan fingerprint density at radius 2 is 2.33 bits per heavy atom. The van der Waals surface area contributed by atoms with E-state index in [1.807, 2.05) is 22.8 Å². The Kier molecular flexibility index (Phi) is 1.65. The zero-order chi connectivity index (χ0) is 10.3. The summed E-state index contributed by atoms with van der Waals surface area (Å²) >= 11 is 0. The molecule has 0 radical (unpaired) electrons. The molecule has 0 amide bonds. The average molecular weight is 202 g/mol. The minimum Gasteiger partial charge on any atom is -0.463 e. The van der Waals surface area contributed by atoms with Crippen LogP contribution in [0.15, 0.2) is 24.4 Å². The molecular formula is C10H10N4O. The van der Waals surface area contributed by atoms with Gasteiger partial charge >= 0.3 is 0 Å². The molecule has 15 heavy (non-hydrogen) atoms. The van der Waals surface area contributed by atoms with Crippen molar-refractivity contribution in [2.75, 3.05) is 12.3 Å². The van der Waals surface area contributed by atoms with Crippen LogP contribution in [0.1, 0.15) is 0 Å². The first-order valence-corrected chi connectivity index (χ1v) is 4.76. The lowest BCUT2D eigenvalue weighted by Gasteiger charge is -1.99. The van der Waals surface area contributed by atoms with Crippen LogP contribution in [-0.4, -0.2) is 21.1 Å². The molecule has 1 aliphatic rings. The predicted molar refractivity (Wildman–Crippen MR) is 55.4 cm³/mol. The van der Waals surface area contributed by atoms with Crippen molar-refractivity contribution >= 4 is 5.82 Å². The number of hydrogen-bond acceptors (Lipinski definition) is 4. The van der Waals surface area contributed by atoms with E-state index in [0.29, 0.717) is 24.1 Å². The van der Waals surface area contributed by atoms with E-state index in [1.54, 1.807) is 6.20 Å². The lowest BCUT2D eigenvalue weighted by molar-refractivity contribution is 0.345. The third kappa shape index (κ3) is 1.16. The second kappa shape index (κ2) is 2.98. The summed E-state index contributed by atoms with van der Waals surface area (Å²) in [5.74, 6) is 0.626. The quantitative estimate of drug-likeness (QED) is 0.746. The number of ether oxygens (including phenoxy) is 1. The SMILES string of the molecule is Nc1c(-c2ccccn2)nc2n1CCO2. The molecule has 0 aliphatic carbocycles. The maximum Gasteiger partial charge on any atom is 0.298 e. The number of nitrogen functional groups attached to an aromatic ring is 1. The van der Waals surface area contributed by atoms with Crippen LogP contribution in [0.4, 0.5) is 5.82 Å². The number of pyridine rings is 1. The van der Waals surface area contributed by atoms with E-state index < -0.39 is 0 Å². The topological polar surface area (TPSA) is 66.0 Å². The van der Waals surface area contributed by atoms with Gasteiger partial charge in [-0.15, -0.1) is 0 Å². The van der Waals surface area contributed by atoms with Gasteiger partial charge in [0.25, 0.3) is 6.01 Å². The Morgan fingerprint density at radius 3 is 3.07 bits per heavy atom. The van der Waals surface area contributed by atoms with Crippen LogP contribution in [0.25, 0.3) is 11.4 Å². The van der Waals surface area contributed by atoms with Crippen molar-refractivity contribution in [3.8, 4) is 17.4 Å². The summed E-state index contributed by atoms with van der Waals surface area (Å²) in [5, 5.41) is 0. The van der Waals surface area contributed by atoms with Gasteiger partial charge in [0, 0.05) is 6.20 Å². The van der Waals surface area contributed by atoms with Gasteiger partial charge in [0.1, 0.15) is 18.1 Å². The van der Waals surface area contributed by atoms with Crippen molar-refractivity contribution in [1.82, 2.24) is 14.5 Å². The van der Waals surface area contributed by atoms with Crippen LogP contribution >= 0.6 is 0 Å². The number of nitrogens with zero attached hydrogens (tertiary/aromatic N) is 3. The van der Waals surface area contributed by atoms with Crippen LogP contribution in [0.2, 0.25) is 0 Å². The molecule has 0 bridgehead atoms.